The summed E-state index contributed by atoms with van der Waals surface area (Å²) < 4.78 is 11.3. The molecular weight excluding hydrogens is 180 g/mol. The van der Waals surface area contributed by atoms with E-state index in [1.807, 2.05) is 6.92 Å². The standard InChI is InChI=1S/C11H16O3/c1-10(12)6-8-2-3-9(7-10)11(8)13-4-5-14-11/h4-5,8-9,12H,2-3,6-7H2,1H3/t8-,9+,10?. The smallest absolute Gasteiger partial charge is 0.255 e. The molecule has 2 bridgehead atoms. The lowest BCUT2D eigenvalue weighted by atomic mass is 9.74. The highest BCUT2D eigenvalue weighted by atomic mass is 16.7. The maximum atomic E-state index is 10.1. The van der Waals surface area contributed by atoms with Crippen LogP contribution in [0.2, 0.25) is 0 Å². The van der Waals surface area contributed by atoms with E-state index in [9.17, 15) is 5.11 Å². The minimum atomic E-state index is -0.521. The van der Waals surface area contributed by atoms with E-state index in [1.54, 1.807) is 12.5 Å². The Hall–Kier alpha value is -0.700. The lowest BCUT2D eigenvalue weighted by Gasteiger charge is -2.44. The first-order valence-electron chi connectivity index (χ1n) is 5.35. The summed E-state index contributed by atoms with van der Waals surface area (Å²) in [5.41, 5.74) is -0.521. The topological polar surface area (TPSA) is 38.7 Å². The van der Waals surface area contributed by atoms with Gasteiger partial charge in [0.05, 0.1) is 5.60 Å². The lowest BCUT2D eigenvalue weighted by Crippen LogP contribution is -2.51. The number of rotatable bonds is 0. The highest BCUT2D eigenvalue weighted by molar-refractivity contribution is 5.06. The van der Waals surface area contributed by atoms with E-state index in [2.05, 4.69) is 0 Å². The van der Waals surface area contributed by atoms with E-state index in [0.717, 1.165) is 25.7 Å². The summed E-state index contributed by atoms with van der Waals surface area (Å²) in [5, 5.41) is 10.1. The van der Waals surface area contributed by atoms with Crippen LogP contribution in [0.1, 0.15) is 32.6 Å². The molecule has 2 aliphatic carbocycles. The zero-order valence-corrected chi connectivity index (χ0v) is 8.40. The minimum absolute atomic E-state index is 0.353. The Bertz CT molecular complexity index is 256. The quantitative estimate of drug-likeness (QED) is 0.641. The van der Waals surface area contributed by atoms with Crippen LogP contribution in [0.4, 0.5) is 0 Å². The van der Waals surface area contributed by atoms with Crippen LogP contribution < -0.4 is 0 Å². The van der Waals surface area contributed by atoms with Gasteiger partial charge in [0.15, 0.2) is 0 Å². The van der Waals surface area contributed by atoms with Crippen LogP contribution in [0.15, 0.2) is 12.5 Å². The molecule has 2 fully saturated rings. The molecule has 3 atom stereocenters. The third-order valence-corrected chi connectivity index (χ3v) is 3.93. The highest BCUT2D eigenvalue weighted by Gasteiger charge is 2.61. The minimum Gasteiger partial charge on any atom is -0.456 e. The predicted octanol–water partition coefficient (Wildman–Crippen LogP) is 1.77. The Morgan fingerprint density at radius 1 is 1.14 bits per heavy atom. The van der Waals surface area contributed by atoms with E-state index in [1.165, 1.54) is 0 Å². The van der Waals surface area contributed by atoms with Gasteiger partial charge >= 0.3 is 0 Å². The summed E-state index contributed by atoms with van der Waals surface area (Å²) in [4.78, 5) is 0. The maximum Gasteiger partial charge on any atom is 0.255 e. The van der Waals surface area contributed by atoms with Crippen LogP contribution >= 0.6 is 0 Å². The van der Waals surface area contributed by atoms with Crippen molar-refractivity contribution >= 4 is 0 Å². The van der Waals surface area contributed by atoms with Crippen molar-refractivity contribution in [3.63, 3.8) is 0 Å². The molecule has 2 saturated carbocycles. The second-order valence-electron chi connectivity index (χ2n) is 5.11. The van der Waals surface area contributed by atoms with Crippen LogP contribution in [0, 0.1) is 11.8 Å². The van der Waals surface area contributed by atoms with Crippen molar-refractivity contribution in [2.75, 3.05) is 0 Å². The van der Waals surface area contributed by atoms with Gasteiger partial charge in [-0.05, 0) is 32.6 Å². The third-order valence-electron chi connectivity index (χ3n) is 3.93. The van der Waals surface area contributed by atoms with Gasteiger partial charge in [0, 0.05) is 11.8 Å². The lowest BCUT2D eigenvalue weighted by molar-refractivity contribution is -0.235. The Morgan fingerprint density at radius 2 is 1.64 bits per heavy atom. The Morgan fingerprint density at radius 3 is 2.14 bits per heavy atom. The Balaban J connectivity index is 1.91. The molecule has 0 saturated heterocycles. The van der Waals surface area contributed by atoms with Gasteiger partial charge in [-0.25, -0.2) is 0 Å². The van der Waals surface area contributed by atoms with Gasteiger partial charge in [0.25, 0.3) is 5.79 Å². The van der Waals surface area contributed by atoms with E-state index in [4.69, 9.17) is 9.47 Å². The van der Waals surface area contributed by atoms with Crippen molar-refractivity contribution in [1.29, 1.82) is 0 Å². The van der Waals surface area contributed by atoms with Gasteiger partial charge in [-0.1, -0.05) is 0 Å². The van der Waals surface area contributed by atoms with E-state index >= 15 is 0 Å². The number of hydrogen-bond acceptors (Lipinski definition) is 3. The summed E-state index contributed by atoms with van der Waals surface area (Å²) in [5.74, 6) is 0.292. The molecule has 0 amide bonds. The Kier molecular flexibility index (Phi) is 1.51. The Labute approximate surface area is 83.7 Å². The fourth-order valence-electron chi connectivity index (χ4n) is 3.45. The van der Waals surface area contributed by atoms with Crippen LogP contribution in [-0.4, -0.2) is 16.5 Å². The first kappa shape index (κ1) is 8.60. The zero-order chi connectivity index (χ0) is 9.81. The summed E-state index contributed by atoms with van der Waals surface area (Å²) in [7, 11) is 0. The van der Waals surface area contributed by atoms with Crippen LogP contribution in [0.3, 0.4) is 0 Å². The molecule has 1 heterocycles. The molecule has 1 unspecified atom stereocenters. The van der Waals surface area contributed by atoms with Crippen molar-refractivity contribution in [2.24, 2.45) is 11.8 Å². The number of hydrogen-bond donors (Lipinski definition) is 1. The van der Waals surface area contributed by atoms with E-state index in [-0.39, 0.29) is 0 Å². The first-order chi connectivity index (χ1) is 6.62. The number of aliphatic hydroxyl groups is 1. The number of ether oxygens (including phenoxy) is 2. The van der Waals surface area contributed by atoms with Gasteiger partial charge < -0.3 is 14.6 Å². The SMILES string of the molecule is CC1(O)C[C@H]2CC[C@@H](C1)C21OC=CO1. The molecule has 3 rings (SSSR count). The monoisotopic (exact) mass is 196 g/mol. The molecule has 3 nitrogen and oxygen atoms in total. The average Bonchev–Trinajstić information content (AvgIpc) is 2.64. The molecule has 0 aromatic carbocycles. The molecule has 1 aliphatic heterocycles. The summed E-state index contributed by atoms with van der Waals surface area (Å²) in [6.45, 7) is 1.92. The van der Waals surface area contributed by atoms with Crippen molar-refractivity contribution in [1.82, 2.24) is 0 Å². The van der Waals surface area contributed by atoms with Crippen LogP contribution in [-0.2, 0) is 9.47 Å². The molecule has 1 N–H and O–H groups in total. The summed E-state index contributed by atoms with van der Waals surface area (Å²) >= 11 is 0. The van der Waals surface area contributed by atoms with E-state index in [0.29, 0.717) is 11.8 Å². The molecule has 0 aromatic rings. The molecule has 0 radical (unpaired) electrons. The fourth-order valence-corrected chi connectivity index (χ4v) is 3.45. The predicted molar refractivity (Wildman–Crippen MR) is 50.1 cm³/mol. The van der Waals surface area contributed by atoms with Crippen molar-refractivity contribution < 1.29 is 14.6 Å². The first-order valence-corrected chi connectivity index (χ1v) is 5.35. The summed E-state index contributed by atoms with van der Waals surface area (Å²) in [6.07, 6.45) is 7.11. The van der Waals surface area contributed by atoms with Gasteiger partial charge in [0.2, 0.25) is 0 Å². The van der Waals surface area contributed by atoms with Gasteiger partial charge in [0.1, 0.15) is 12.5 Å². The van der Waals surface area contributed by atoms with Gasteiger partial charge in [-0.15, -0.1) is 0 Å². The highest BCUT2D eigenvalue weighted by Crippen LogP contribution is 2.56. The van der Waals surface area contributed by atoms with Crippen molar-refractivity contribution in [3.8, 4) is 0 Å². The summed E-state index contributed by atoms with van der Waals surface area (Å²) in [6, 6.07) is 0. The van der Waals surface area contributed by atoms with E-state index < -0.39 is 11.4 Å². The van der Waals surface area contributed by atoms with Crippen molar-refractivity contribution in [3.05, 3.63) is 12.5 Å². The van der Waals surface area contributed by atoms with Crippen LogP contribution in [0.5, 0.6) is 0 Å². The molecule has 78 valence electrons. The molecule has 1 spiro atoms. The van der Waals surface area contributed by atoms with Crippen molar-refractivity contribution in [2.45, 2.75) is 44.0 Å². The van der Waals surface area contributed by atoms with Gasteiger partial charge in [-0.2, -0.15) is 0 Å². The maximum absolute atomic E-state index is 10.1. The average molecular weight is 196 g/mol. The second kappa shape index (κ2) is 2.45. The zero-order valence-electron chi connectivity index (χ0n) is 8.40. The third kappa shape index (κ3) is 0.962. The molecule has 3 heteroatoms. The molecule has 3 aliphatic rings. The van der Waals surface area contributed by atoms with Crippen LogP contribution in [0.25, 0.3) is 0 Å². The molecule has 14 heavy (non-hydrogen) atoms. The van der Waals surface area contributed by atoms with Gasteiger partial charge in [-0.3, -0.25) is 0 Å². The normalized spacial score (nSPS) is 47.9. The fraction of sp³-hybridized carbons (Fsp3) is 0.818. The largest absolute Gasteiger partial charge is 0.456 e. The molecular formula is C11H16O3. The second-order valence-corrected chi connectivity index (χ2v) is 5.11. The molecule has 0 aromatic heterocycles.